The molecule has 3 nitrogen and oxygen atoms in total. The van der Waals surface area contributed by atoms with Crippen molar-refractivity contribution in [2.45, 2.75) is 25.9 Å². The maximum absolute atomic E-state index is 12.1. The number of hydrogen-bond donors (Lipinski definition) is 1. The smallest absolute Gasteiger partial charge is 0.251 e. The highest BCUT2D eigenvalue weighted by Gasteiger charge is 2.20. The Labute approximate surface area is 89.7 Å². The molecule has 15 heavy (non-hydrogen) atoms. The second-order valence-electron chi connectivity index (χ2n) is 4.05. The zero-order valence-electron chi connectivity index (χ0n) is 9.20. The minimum Gasteiger partial charge on any atom is -0.392 e. The van der Waals surface area contributed by atoms with Gasteiger partial charge in [-0.2, -0.15) is 0 Å². The van der Waals surface area contributed by atoms with Crippen LogP contribution in [0.5, 0.6) is 0 Å². The van der Waals surface area contributed by atoms with E-state index >= 15 is 0 Å². The van der Waals surface area contributed by atoms with Gasteiger partial charge in [-0.05, 0) is 6.42 Å². The molecule has 0 saturated carbocycles. The van der Waals surface area contributed by atoms with E-state index in [1.165, 1.54) is 0 Å². The average molecular weight is 222 g/mol. The number of halogens is 2. The first-order valence-corrected chi connectivity index (χ1v) is 5.52. The molecule has 1 N–H and O–H groups in total. The molecule has 90 valence electrons. The largest absolute Gasteiger partial charge is 0.392 e. The zero-order valence-corrected chi connectivity index (χ0v) is 9.20. The van der Waals surface area contributed by atoms with Crippen LogP contribution < -0.4 is 0 Å². The van der Waals surface area contributed by atoms with E-state index in [0.717, 1.165) is 19.5 Å². The van der Waals surface area contributed by atoms with Crippen molar-refractivity contribution in [2.75, 3.05) is 39.3 Å². The Morgan fingerprint density at radius 3 is 1.93 bits per heavy atom. The number of nitrogens with zero attached hydrogens (tertiary/aromatic N) is 2. The highest BCUT2D eigenvalue weighted by Crippen LogP contribution is 2.06. The van der Waals surface area contributed by atoms with Gasteiger partial charge in [0.05, 0.1) is 12.6 Å². The summed E-state index contributed by atoms with van der Waals surface area (Å²) in [6, 6.07) is 0. The highest BCUT2D eigenvalue weighted by atomic mass is 19.3. The molecule has 1 unspecified atom stereocenters. The summed E-state index contributed by atoms with van der Waals surface area (Å²) in [5.41, 5.74) is 0. The number of hydrogen-bond acceptors (Lipinski definition) is 3. The fourth-order valence-corrected chi connectivity index (χ4v) is 1.78. The van der Waals surface area contributed by atoms with Gasteiger partial charge in [-0.3, -0.25) is 9.80 Å². The fraction of sp³-hybridized carbons (Fsp3) is 1.00. The SMILES string of the molecule is CCC(O)CN1CCN(CC(F)F)CC1. The number of piperazine rings is 1. The Hall–Kier alpha value is -0.260. The summed E-state index contributed by atoms with van der Waals surface area (Å²) >= 11 is 0. The molecule has 5 heteroatoms. The summed E-state index contributed by atoms with van der Waals surface area (Å²) in [4.78, 5) is 3.91. The predicted octanol–water partition coefficient (Wildman–Crippen LogP) is 0.640. The Kier molecular flexibility index (Phi) is 5.42. The topological polar surface area (TPSA) is 26.7 Å². The van der Waals surface area contributed by atoms with E-state index in [0.29, 0.717) is 19.6 Å². The third-order valence-corrected chi connectivity index (χ3v) is 2.80. The van der Waals surface area contributed by atoms with Crippen LogP contribution in [0.3, 0.4) is 0 Å². The van der Waals surface area contributed by atoms with Gasteiger partial charge in [0.25, 0.3) is 6.43 Å². The summed E-state index contributed by atoms with van der Waals surface area (Å²) in [7, 11) is 0. The van der Waals surface area contributed by atoms with Crippen molar-refractivity contribution in [3.63, 3.8) is 0 Å². The van der Waals surface area contributed by atoms with Crippen molar-refractivity contribution in [2.24, 2.45) is 0 Å². The van der Waals surface area contributed by atoms with Gasteiger partial charge in [0.1, 0.15) is 0 Å². The summed E-state index contributed by atoms with van der Waals surface area (Å²) in [6.45, 7) is 5.41. The molecule has 1 fully saturated rings. The molecule has 0 aromatic carbocycles. The average Bonchev–Trinajstić information content (AvgIpc) is 2.20. The normalized spacial score (nSPS) is 22.2. The van der Waals surface area contributed by atoms with Crippen molar-refractivity contribution < 1.29 is 13.9 Å². The Morgan fingerprint density at radius 2 is 1.53 bits per heavy atom. The quantitative estimate of drug-likeness (QED) is 0.739. The molecule has 1 aliphatic heterocycles. The van der Waals surface area contributed by atoms with E-state index in [-0.39, 0.29) is 12.6 Å². The standard InChI is InChI=1S/C10H20F2N2O/c1-2-9(15)7-13-3-5-14(6-4-13)8-10(11)12/h9-10,15H,2-8H2,1H3. The lowest BCUT2D eigenvalue weighted by atomic mass is 10.2. The summed E-state index contributed by atoms with van der Waals surface area (Å²) in [5, 5.41) is 9.45. The number of aliphatic hydroxyl groups excluding tert-OH is 1. The van der Waals surface area contributed by atoms with Gasteiger partial charge >= 0.3 is 0 Å². The molecule has 0 spiro atoms. The molecule has 1 atom stereocenters. The van der Waals surface area contributed by atoms with Crippen LogP contribution >= 0.6 is 0 Å². The third-order valence-electron chi connectivity index (χ3n) is 2.80. The molecule has 0 aromatic heterocycles. The monoisotopic (exact) mass is 222 g/mol. The lowest BCUT2D eigenvalue weighted by Crippen LogP contribution is -2.49. The molecule has 0 bridgehead atoms. The highest BCUT2D eigenvalue weighted by molar-refractivity contribution is 4.74. The summed E-state index contributed by atoms with van der Waals surface area (Å²) < 4.78 is 24.2. The zero-order chi connectivity index (χ0) is 11.3. The number of β-amino-alcohol motifs (C(OH)–C–C–N with tert-alkyl or cyclic N) is 1. The fourth-order valence-electron chi connectivity index (χ4n) is 1.78. The van der Waals surface area contributed by atoms with Crippen molar-refractivity contribution >= 4 is 0 Å². The van der Waals surface area contributed by atoms with E-state index in [4.69, 9.17) is 0 Å². The van der Waals surface area contributed by atoms with Gasteiger partial charge in [-0.1, -0.05) is 6.92 Å². The first-order valence-electron chi connectivity index (χ1n) is 5.52. The molecule has 1 saturated heterocycles. The van der Waals surface area contributed by atoms with Gasteiger partial charge in [-0.15, -0.1) is 0 Å². The van der Waals surface area contributed by atoms with E-state index < -0.39 is 6.43 Å². The number of alkyl halides is 2. The van der Waals surface area contributed by atoms with Crippen molar-refractivity contribution in [1.82, 2.24) is 9.80 Å². The van der Waals surface area contributed by atoms with Crippen molar-refractivity contribution in [3.8, 4) is 0 Å². The van der Waals surface area contributed by atoms with E-state index in [1.54, 1.807) is 4.90 Å². The molecule has 1 aliphatic rings. The second kappa shape index (κ2) is 6.35. The van der Waals surface area contributed by atoms with Gasteiger partial charge < -0.3 is 5.11 Å². The molecule has 1 rings (SSSR count). The minimum absolute atomic E-state index is 0.121. The van der Waals surface area contributed by atoms with Crippen LogP contribution in [0.15, 0.2) is 0 Å². The van der Waals surface area contributed by atoms with Gasteiger partial charge in [0, 0.05) is 32.7 Å². The van der Waals surface area contributed by atoms with Crippen LogP contribution in [0.1, 0.15) is 13.3 Å². The first kappa shape index (κ1) is 12.8. The molecule has 0 aliphatic carbocycles. The lowest BCUT2D eigenvalue weighted by Gasteiger charge is -2.35. The van der Waals surface area contributed by atoms with Gasteiger partial charge in [0.2, 0.25) is 0 Å². The maximum Gasteiger partial charge on any atom is 0.251 e. The molecular formula is C10H20F2N2O. The third kappa shape index (κ3) is 4.86. The van der Waals surface area contributed by atoms with Gasteiger partial charge in [-0.25, -0.2) is 8.78 Å². The molecule has 0 aromatic rings. The first-order chi connectivity index (χ1) is 7.11. The number of rotatable bonds is 5. The Balaban J connectivity index is 2.18. The van der Waals surface area contributed by atoms with Crippen molar-refractivity contribution in [1.29, 1.82) is 0 Å². The van der Waals surface area contributed by atoms with E-state index in [2.05, 4.69) is 4.90 Å². The van der Waals surface area contributed by atoms with Crippen LogP contribution in [0.2, 0.25) is 0 Å². The number of aliphatic hydroxyl groups is 1. The minimum atomic E-state index is -2.24. The van der Waals surface area contributed by atoms with E-state index in [9.17, 15) is 13.9 Å². The van der Waals surface area contributed by atoms with Gasteiger partial charge in [0.15, 0.2) is 0 Å². The molecule has 0 radical (unpaired) electrons. The van der Waals surface area contributed by atoms with Crippen LogP contribution in [-0.2, 0) is 0 Å². The van der Waals surface area contributed by atoms with Crippen LogP contribution in [0.25, 0.3) is 0 Å². The summed E-state index contributed by atoms with van der Waals surface area (Å²) in [5.74, 6) is 0. The Morgan fingerprint density at radius 1 is 1.07 bits per heavy atom. The second-order valence-corrected chi connectivity index (χ2v) is 4.05. The van der Waals surface area contributed by atoms with Crippen LogP contribution in [0.4, 0.5) is 8.78 Å². The Bertz CT molecular complexity index is 173. The van der Waals surface area contributed by atoms with Crippen LogP contribution in [0, 0.1) is 0 Å². The van der Waals surface area contributed by atoms with E-state index in [1.807, 2.05) is 6.92 Å². The molecule has 1 heterocycles. The molecular weight excluding hydrogens is 202 g/mol. The van der Waals surface area contributed by atoms with Crippen LogP contribution in [-0.4, -0.2) is 66.7 Å². The molecule has 0 amide bonds. The predicted molar refractivity (Wildman–Crippen MR) is 55.2 cm³/mol. The maximum atomic E-state index is 12.1. The summed E-state index contributed by atoms with van der Waals surface area (Å²) in [6.07, 6.45) is -1.78. The van der Waals surface area contributed by atoms with Crippen molar-refractivity contribution in [3.05, 3.63) is 0 Å². The lowest BCUT2D eigenvalue weighted by molar-refractivity contribution is 0.0381.